The minimum Gasteiger partial charge on any atom is -0.332 e. The first-order chi connectivity index (χ1) is 23.4. The number of piperidine rings is 1. The van der Waals surface area contributed by atoms with Crippen LogP contribution in [0.1, 0.15) is 170 Å². The van der Waals surface area contributed by atoms with Gasteiger partial charge in [-0.05, 0) is 75.5 Å². The van der Waals surface area contributed by atoms with Crippen LogP contribution in [0.15, 0.2) is 0 Å². The number of sulfone groups is 1. The highest BCUT2D eigenvalue weighted by Gasteiger charge is 2.69. The second kappa shape index (κ2) is 16.8. The Hall–Kier alpha value is -1.90. The number of unbranched alkanes of at least 4 members (excludes halogenated alkanes) is 1. The fraction of sp³-hybridized carbons (Fsp3) is 0.878. The first-order valence-corrected chi connectivity index (χ1v) is 21.7. The van der Waals surface area contributed by atoms with Crippen LogP contribution in [0, 0.1) is 34.5 Å². The highest BCUT2D eigenvalue weighted by atomic mass is 32.2. The van der Waals surface area contributed by atoms with E-state index in [1.54, 1.807) is 25.7 Å². The van der Waals surface area contributed by atoms with Crippen molar-refractivity contribution in [2.75, 3.05) is 12.3 Å². The van der Waals surface area contributed by atoms with Gasteiger partial charge >= 0.3 is 0 Å². The molecule has 0 bridgehead atoms. The molecule has 0 unspecified atom stereocenters. The molecular formula is C41H67NO7S. The molecule has 5 atom stereocenters. The van der Waals surface area contributed by atoms with Crippen LogP contribution in [0.25, 0.3) is 0 Å². The van der Waals surface area contributed by atoms with Crippen molar-refractivity contribution in [3.8, 4) is 0 Å². The molecule has 0 spiro atoms. The summed E-state index contributed by atoms with van der Waals surface area (Å²) in [5.74, 6) is -2.14. The second-order valence-electron chi connectivity index (χ2n) is 18.2. The molecule has 2 heterocycles. The van der Waals surface area contributed by atoms with Crippen LogP contribution in [0.4, 0.5) is 0 Å². The van der Waals surface area contributed by atoms with E-state index in [-0.39, 0.29) is 71.9 Å². The van der Waals surface area contributed by atoms with Gasteiger partial charge in [0.05, 0.1) is 16.5 Å². The normalized spacial score (nSPS) is 29.6. The Morgan fingerprint density at radius 2 is 1.44 bits per heavy atom. The molecule has 284 valence electrons. The van der Waals surface area contributed by atoms with Gasteiger partial charge in [0.2, 0.25) is 11.7 Å². The van der Waals surface area contributed by atoms with Gasteiger partial charge < -0.3 is 4.90 Å². The Kier molecular flexibility index (Phi) is 13.8. The van der Waals surface area contributed by atoms with Gasteiger partial charge in [0, 0.05) is 44.1 Å². The molecular weight excluding hydrogens is 651 g/mol. The summed E-state index contributed by atoms with van der Waals surface area (Å²) in [6.45, 7) is 11.9. The number of hydrogen-bond acceptors (Lipinski definition) is 7. The lowest BCUT2D eigenvalue weighted by molar-refractivity contribution is -0.145. The van der Waals surface area contributed by atoms with Gasteiger partial charge in [-0.3, -0.25) is 24.0 Å². The minimum absolute atomic E-state index is 0.00414. The minimum atomic E-state index is -3.45. The van der Waals surface area contributed by atoms with E-state index in [0.29, 0.717) is 38.6 Å². The van der Waals surface area contributed by atoms with Gasteiger partial charge in [-0.2, -0.15) is 0 Å². The molecule has 4 rings (SSSR count). The Balaban J connectivity index is 1.58. The molecule has 50 heavy (non-hydrogen) atoms. The summed E-state index contributed by atoms with van der Waals surface area (Å²) in [5, 5.41) is 0. The summed E-state index contributed by atoms with van der Waals surface area (Å²) in [4.78, 5) is 70.9. The molecule has 1 amide bonds. The molecule has 9 heteroatoms. The van der Waals surface area contributed by atoms with Crippen molar-refractivity contribution in [2.45, 2.75) is 181 Å². The molecule has 0 N–H and O–H groups in total. The Labute approximate surface area is 303 Å². The van der Waals surface area contributed by atoms with Crippen molar-refractivity contribution in [2.24, 2.45) is 34.5 Å². The van der Waals surface area contributed by atoms with Gasteiger partial charge in [0.25, 0.3) is 0 Å². The SMILES string of the molecule is CCCCC(=O)C(=O)[C@@H]1CCCCCCCCC[C@H](CC(=O)CC2(CS(=O)(=O)C(C)(C)C)CCCCC2)C(=O)N2C[C@H]3[C@@H]([C@H]2C(=O)C1)C3(C)C. The highest BCUT2D eigenvalue weighted by Crippen LogP contribution is 2.65. The van der Waals surface area contributed by atoms with E-state index in [4.69, 9.17) is 0 Å². The molecule has 4 aliphatic rings. The second-order valence-corrected chi connectivity index (χ2v) is 21.0. The van der Waals surface area contributed by atoms with Crippen LogP contribution in [-0.2, 0) is 33.8 Å². The zero-order valence-corrected chi connectivity index (χ0v) is 33.0. The molecule has 0 radical (unpaired) electrons. The predicted molar refractivity (Wildman–Crippen MR) is 197 cm³/mol. The number of carbonyl (C=O) groups excluding carboxylic acids is 5. The van der Waals surface area contributed by atoms with Gasteiger partial charge in [0.15, 0.2) is 21.4 Å². The van der Waals surface area contributed by atoms with Gasteiger partial charge in [-0.25, -0.2) is 8.42 Å². The highest BCUT2D eigenvalue weighted by molar-refractivity contribution is 7.92. The lowest BCUT2D eigenvalue weighted by atomic mass is 9.71. The van der Waals surface area contributed by atoms with Crippen molar-refractivity contribution in [3.63, 3.8) is 0 Å². The standard InChI is InChI=1S/C41H67NO7S/c1-7-8-21-33(44)37(46)29-19-15-12-10-9-11-13-16-20-30(38(47)42-27-32-35(40(32,5)6)36(42)34(45)25-29)24-31(43)26-41(22-17-14-18-23-41)28-50(48,49)39(2,3)4/h29-30,32,35-36H,7-28H2,1-6H3/t29-,30-,32+,35+,36-/m1/s1. The van der Waals surface area contributed by atoms with E-state index >= 15 is 0 Å². The largest absolute Gasteiger partial charge is 0.332 e. The summed E-state index contributed by atoms with van der Waals surface area (Å²) < 4.78 is 25.9. The number of fused-ring (bicyclic) bond motifs is 3. The molecule has 0 aromatic heterocycles. The van der Waals surface area contributed by atoms with Crippen LogP contribution >= 0.6 is 0 Å². The average Bonchev–Trinajstić information content (AvgIpc) is 3.34. The van der Waals surface area contributed by atoms with Gasteiger partial charge in [-0.1, -0.05) is 91.4 Å². The lowest BCUT2D eigenvalue weighted by Gasteiger charge is -2.39. The maximum atomic E-state index is 14.6. The summed E-state index contributed by atoms with van der Waals surface area (Å²) in [7, 11) is -3.45. The quantitative estimate of drug-likeness (QED) is 0.198. The summed E-state index contributed by atoms with van der Waals surface area (Å²) in [5.41, 5.74) is -0.692. The third-order valence-electron chi connectivity index (χ3n) is 13.0. The molecule has 0 aromatic rings. The molecule has 2 saturated carbocycles. The van der Waals surface area contributed by atoms with Crippen LogP contribution in [0.2, 0.25) is 0 Å². The van der Waals surface area contributed by atoms with Crippen LogP contribution in [0.3, 0.4) is 0 Å². The molecule has 2 saturated heterocycles. The summed E-state index contributed by atoms with van der Waals surface area (Å²) >= 11 is 0. The van der Waals surface area contributed by atoms with E-state index in [0.717, 1.165) is 70.6 Å². The van der Waals surface area contributed by atoms with E-state index in [1.807, 2.05) is 6.92 Å². The lowest BCUT2D eigenvalue weighted by Crippen LogP contribution is -2.49. The zero-order chi connectivity index (χ0) is 36.9. The first kappa shape index (κ1) is 40.9. The maximum absolute atomic E-state index is 14.6. The number of Topliss-reactive ketones (excluding diaryl/α,β-unsaturated/α-hetero) is 4. The number of nitrogens with zero attached hydrogens (tertiary/aromatic N) is 1. The van der Waals surface area contributed by atoms with Gasteiger partial charge in [0.1, 0.15) is 5.78 Å². The fourth-order valence-electron chi connectivity index (χ4n) is 9.53. The van der Waals surface area contributed by atoms with Crippen LogP contribution in [-0.4, -0.2) is 65.4 Å². The third-order valence-corrected chi connectivity index (χ3v) is 15.9. The molecule has 2 aliphatic carbocycles. The van der Waals surface area contributed by atoms with E-state index < -0.39 is 43.7 Å². The predicted octanol–water partition coefficient (Wildman–Crippen LogP) is 8.03. The van der Waals surface area contributed by atoms with Crippen molar-refractivity contribution in [1.29, 1.82) is 0 Å². The molecule has 0 aromatic carbocycles. The molecule has 2 aliphatic heterocycles. The van der Waals surface area contributed by atoms with E-state index in [9.17, 15) is 32.4 Å². The summed E-state index contributed by atoms with van der Waals surface area (Å²) in [6, 6.07) is -0.643. The van der Waals surface area contributed by atoms with Crippen molar-refractivity contribution in [3.05, 3.63) is 0 Å². The smallest absolute Gasteiger partial charge is 0.226 e. The Morgan fingerprint density at radius 1 is 0.860 bits per heavy atom. The van der Waals surface area contributed by atoms with Crippen molar-refractivity contribution < 1.29 is 32.4 Å². The van der Waals surface area contributed by atoms with Crippen LogP contribution in [0.5, 0.6) is 0 Å². The fourth-order valence-corrected chi connectivity index (χ4v) is 11.2. The monoisotopic (exact) mass is 717 g/mol. The van der Waals surface area contributed by atoms with Crippen molar-refractivity contribution in [1.82, 2.24) is 4.90 Å². The average molecular weight is 718 g/mol. The first-order valence-electron chi connectivity index (χ1n) is 20.1. The third kappa shape index (κ3) is 9.74. The maximum Gasteiger partial charge on any atom is 0.226 e. The van der Waals surface area contributed by atoms with E-state index in [2.05, 4.69) is 13.8 Å². The Morgan fingerprint density at radius 3 is 2.04 bits per heavy atom. The van der Waals surface area contributed by atoms with E-state index in [1.165, 1.54) is 0 Å². The number of rotatable bonds is 11. The Bertz CT molecular complexity index is 1350. The molecule has 4 fully saturated rings. The number of amides is 1. The summed E-state index contributed by atoms with van der Waals surface area (Å²) in [6.07, 6.45) is 13.9. The topological polar surface area (TPSA) is 123 Å². The molecule has 8 nitrogen and oxygen atoms in total. The number of ketones is 4. The number of hydrogen-bond donors (Lipinski definition) is 0. The number of carbonyl (C=O) groups is 5. The van der Waals surface area contributed by atoms with Crippen LogP contribution < -0.4 is 0 Å². The van der Waals surface area contributed by atoms with Gasteiger partial charge in [-0.15, -0.1) is 0 Å². The zero-order valence-electron chi connectivity index (χ0n) is 32.2. The van der Waals surface area contributed by atoms with Crippen molar-refractivity contribution >= 4 is 38.9 Å².